The largest absolute Gasteiger partial charge is 0.451 e. The molecule has 0 unspecified atom stereocenters. The van der Waals surface area contributed by atoms with Gasteiger partial charge in [-0.1, -0.05) is 11.6 Å². The zero-order valence-corrected chi connectivity index (χ0v) is 7.67. The van der Waals surface area contributed by atoms with Crippen molar-refractivity contribution in [3.63, 3.8) is 0 Å². The molecule has 1 amide bonds. The topological polar surface area (TPSA) is 47.6 Å². The van der Waals surface area contributed by atoms with Gasteiger partial charge in [-0.3, -0.25) is 0 Å². The Hall–Kier alpha value is -1.42. The highest BCUT2D eigenvalue weighted by molar-refractivity contribution is 6.30. The van der Waals surface area contributed by atoms with Crippen molar-refractivity contribution in [1.82, 2.24) is 5.48 Å². The molecule has 0 aliphatic carbocycles. The highest BCUT2D eigenvalue weighted by Crippen LogP contribution is 2.14. The Labute approximate surface area is 80.4 Å². The fraction of sp³-hybridized carbons (Fsp3) is 0.125. The minimum atomic E-state index is -0.657. The zero-order valence-electron chi connectivity index (χ0n) is 6.91. The summed E-state index contributed by atoms with van der Waals surface area (Å²) >= 11 is 5.63. The third-order valence-electron chi connectivity index (χ3n) is 1.25. The van der Waals surface area contributed by atoms with E-state index in [4.69, 9.17) is 16.4 Å². The Balaban J connectivity index is 2.46. The van der Waals surface area contributed by atoms with Crippen LogP contribution >= 0.6 is 11.6 Å². The molecule has 0 aliphatic heterocycles. The quantitative estimate of drug-likeness (QED) is 0.745. The number of carbonyl (C=O) groups is 1. The number of amides is 1. The first-order chi connectivity index (χ1) is 6.22. The fourth-order valence-corrected chi connectivity index (χ4v) is 0.771. The van der Waals surface area contributed by atoms with Crippen molar-refractivity contribution in [2.24, 2.45) is 0 Å². The molecule has 0 saturated carbocycles. The van der Waals surface area contributed by atoms with Crippen molar-refractivity contribution in [1.29, 1.82) is 0 Å². The Kier molecular flexibility index (Phi) is 3.40. The summed E-state index contributed by atoms with van der Waals surface area (Å²) in [6.07, 6.45) is -0.657. The van der Waals surface area contributed by atoms with Gasteiger partial charge in [-0.25, -0.2) is 4.79 Å². The monoisotopic (exact) mass is 201 g/mol. The highest BCUT2D eigenvalue weighted by atomic mass is 35.5. The lowest BCUT2D eigenvalue weighted by atomic mass is 10.3. The number of halogens is 1. The normalized spacial score (nSPS) is 9.08. The van der Waals surface area contributed by atoms with Crippen molar-refractivity contribution in [2.45, 2.75) is 0 Å². The van der Waals surface area contributed by atoms with Crippen LogP contribution in [0, 0.1) is 0 Å². The van der Waals surface area contributed by atoms with Gasteiger partial charge < -0.3 is 9.57 Å². The molecule has 4 nitrogen and oxygen atoms in total. The van der Waals surface area contributed by atoms with E-state index in [0.717, 1.165) is 0 Å². The molecule has 0 heterocycles. The molecule has 1 aromatic rings. The molecule has 0 radical (unpaired) electrons. The summed E-state index contributed by atoms with van der Waals surface area (Å²) in [7, 11) is 1.25. The number of hydroxylamine groups is 1. The van der Waals surface area contributed by atoms with Crippen LogP contribution in [0.25, 0.3) is 0 Å². The molecule has 1 aromatic carbocycles. The van der Waals surface area contributed by atoms with Gasteiger partial charge in [-0.05, 0) is 24.3 Å². The summed E-state index contributed by atoms with van der Waals surface area (Å²) in [6, 6.07) is 6.54. The minimum absolute atomic E-state index is 0.481. The molecule has 0 aromatic heterocycles. The van der Waals surface area contributed by atoms with Crippen LogP contribution in [0.3, 0.4) is 0 Å². The third kappa shape index (κ3) is 3.21. The number of ether oxygens (including phenoxy) is 1. The predicted molar refractivity (Wildman–Crippen MR) is 47.6 cm³/mol. The molecule has 70 valence electrons. The first-order valence-corrected chi connectivity index (χ1v) is 3.86. The number of carbonyl (C=O) groups excluding carboxylic acids is 1. The molecule has 1 N–H and O–H groups in total. The average molecular weight is 202 g/mol. The average Bonchev–Trinajstić information content (AvgIpc) is 2.16. The third-order valence-corrected chi connectivity index (χ3v) is 1.50. The second-order valence-corrected chi connectivity index (χ2v) is 2.59. The zero-order chi connectivity index (χ0) is 9.68. The van der Waals surface area contributed by atoms with Gasteiger partial charge in [-0.15, -0.1) is 0 Å². The van der Waals surface area contributed by atoms with Crippen molar-refractivity contribution in [3.05, 3.63) is 29.3 Å². The first-order valence-electron chi connectivity index (χ1n) is 3.49. The smallest absolute Gasteiger partial charge is 0.440 e. The number of nitrogens with one attached hydrogen (secondary N) is 1. The van der Waals surface area contributed by atoms with E-state index in [1.54, 1.807) is 24.3 Å². The van der Waals surface area contributed by atoms with Crippen LogP contribution < -0.4 is 10.3 Å². The molecule has 0 spiro atoms. The van der Waals surface area contributed by atoms with Crippen molar-refractivity contribution < 1.29 is 14.4 Å². The summed E-state index contributed by atoms with van der Waals surface area (Å²) < 4.78 is 4.29. The van der Waals surface area contributed by atoms with Gasteiger partial charge in [0.15, 0.2) is 5.75 Å². The van der Waals surface area contributed by atoms with Crippen molar-refractivity contribution in [3.8, 4) is 5.75 Å². The molecule has 0 aliphatic rings. The maximum Gasteiger partial charge on any atom is 0.440 e. The standard InChI is InChI=1S/C8H8ClNO3/c1-12-8(11)10-13-7-4-2-6(9)3-5-7/h2-5H,1H3,(H,10,11). The van der Waals surface area contributed by atoms with E-state index in [1.165, 1.54) is 7.11 Å². The van der Waals surface area contributed by atoms with Crippen LogP contribution in [0.2, 0.25) is 5.02 Å². The van der Waals surface area contributed by atoms with Crippen LogP contribution in [0.5, 0.6) is 5.75 Å². The van der Waals surface area contributed by atoms with E-state index in [-0.39, 0.29) is 0 Å². The van der Waals surface area contributed by atoms with E-state index in [1.807, 2.05) is 0 Å². The highest BCUT2D eigenvalue weighted by Gasteiger charge is 1.98. The maximum absolute atomic E-state index is 10.6. The lowest BCUT2D eigenvalue weighted by Gasteiger charge is -2.04. The summed E-state index contributed by atoms with van der Waals surface area (Å²) in [5.74, 6) is 0.481. The van der Waals surface area contributed by atoms with Gasteiger partial charge in [0.1, 0.15) is 0 Å². The number of rotatable bonds is 2. The van der Waals surface area contributed by atoms with E-state index in [0.29, 0.717) is 10.8 Å². The fourth-order valence-electron chi connectivity index (χ4n) is 0.645. The van der Waals surface area contributed by atoms with E-state index in [2.05, 4.69) is 10.2 Å². The summed E-state index contributed by atoms with van der Waals surface area (Å²) in [6.45, 7) is 0. The van der Waals surface area contributed by atoms with Gasteiger partial charge in [0.25, 0.3) is 0 Å². The molecular weight excluding hydrogens is 194 g/mol. The summed E-state index contributed by atoms with van der Waals surface area (Å²) in [5.41, 5.74) is 2.06. The number of hydrogen-bond donors (Lipinski definition) is 1. The lowest BCUT2D eigenvalue weighted by molar-refractivity contribution is 0.118. The van der Waals surface area contributed by atoms with Gasteiger partial charge in [0.2, 0.25) is 0 Å². The molecule has 0 bridgehead atoms. The van der Waals surface area contributed by atoms with Gasteiger partial charge >= 0.3 is 6.09 Å². The number of benzene rings is 1. The Morgan fingerprint density at radius 1 is 1.38 bits per heavy atom. The van der Waals surface area contributed by atoms with Gasteiger partial charge in [-0.2, -0.15) is 5.48 Å². The van der Waals surface area contributed by atoms with Crippen LogP contribution in [-0.4, -0.2) is 13.2 Å². The minimum Gasteiger partial charge on any atom is -0.451 e. The molecule has 1 rings (SSSR count). The Morgan fingerprint density at radius 3 is 2.54 bits per heavy atom. The predicted octanol–water partition coefficient (Wildman–Crippen LogP) is 1.99. The summed E-state index contributed by atoms with van der Waals surface area (Å²) in [4.78, 5) is 15.4. The lowest BCUT2D eigenvalue weighted by Crippen LogP contribution is -2.26. The molecule has 0 saturated heterocycles. The SMILES string of the molecule is COC(=O)NOc1ccc(Cl)cc1. The molecule has 13 heavy (non-hydrogen) atoms. The van der Waals surface area contributed by atoms with Crippen LogP contribution in [0.4, 0.5) is 4.79 Å². The van der Waals surface area contributed by atoms with Crippen LogP contribution in [-0.2, 0) is 4.74 Å². The Morgan fingerprint density at radius 2 is 2.00 bits per heavy atom. The van der Waals surface area contributed by atoms with Crippen molar-refractivity contribution in [2.75, 3.05) is 7.11 Å². The van der Waals surface area contributed by atoms with E-state index >= 15 is 0 Å². The number of methoxy groups -OCH3 is 1. The summed E-state index contributed by atoms with van der Waals surface area (Å²) in [5, 5.41) is 0.602. The first kappa shape index (κ1) is 9.67. The second kappa shape index (κ2) is 4.57. The molecular formula is C8H8ClNO3. The van der Waals surface area contributed by atoms with Crippen molar-refractivity contribution >= 4 is 17.7 Å². The van der Waals surface area contributed by atoms with E-state index < -0.39 is 6.09 Å². The van der Waals surface area contributed by atoms with E-state index in [9.17, 15) is 4.79 Å². The Bertz CT molecular complexity index is 286. The molecule has 0 fully saturated rings. The molecule has 5 heteroatoms. The molecule has 0 atom stereocenters. The van der Waals surface area contributed by atoms with Crippen LogP contribution in [0.15, 0.2) is 24.3 Å². The van der Waals surface area contributed by atoms with Gasteiger partial charge in [0, 0.05) is 5.02 Å². The maximum atomic E-state index is 10.6. The van der Waals surface area contributed by atoms with Gasteiger partial charge in [0.05, 0.1) is 7.11 Å². The number of hydrogen-bond acceptors (Lipinski definition) is 3. The van der Waals surface area contributed by atoms with Crippen LogP contribution in [0.1, 0.15) is 0 Å². The second-order valence-electron chi connectivity index (χ2n) is 2.15.